The SMILES string of the molecule is COc1ccc(-c2ccc(CO)c(=O)n2C(C)C)cc1OC. The Bertz CT molecular complexity index is 719. The number of hydrogen-bond donors (Lipinski definition) is 1. The van der Waals surface area contributed by atoms with Gasteiger partial charge in [0.1, 0.15) is 0 Å². The summed E-state index contributed by atoms with van der Waals surface area (Å²) in [5.41, 5.74) is 1.84. The highest BCUT2D eigenvalue weighted by Gasteiger charge is 2.14. The standard InChI is InChI=1S/C17H21NO4/c1-11(2)18-14(7-5-13(10-19)17(18)20)12-6-8-15(21-3)16(9-12)22-4/h5-9,11,19H,10H2,1-4H3. The van der Waals surface area contributed by atoms with E-state index in [4.69, 9.17) is 9.47 Å². The van der Waals surface area contributed by atoms with Crippen LogP contribution < -0.4 is 15.0 Å². The van der Waals surface area contributed by atoms with E-state index in [1.807, 2.05) is 38.1 Å². The minimum Gasteiger partial charge on any atom is -0.493 e. The van der Waals surface area contributed by atoms with Crippen molar-refractivity contribution in [2.24, 2.45) is 0 Å². The number of methoxy groups -OCH3 is 2. The second-order valence-corrected chi connectivity index (χ2v) is 5.24. The highest BCUT2D eigenvalue weighted by molar-refractivity contribution is 5.64. The molecule has 2 rings (SSSR count). The van der Waals surface area contributed by atoms with Crippen LogP contribution >= 0.6 is 0 Å². The molecule has 5 heteroatoms. The molecule has 0 unspecified atom stereocenters. The molecule has 5 nitrogen and oxygen atoms in total. The molecule has 1 heterocycles. The zero-order valence-electron chi connectivity index (χ0n) is 13.3. The Morgan fingerprint density at radius 3 is 2.32 bits per heavy atom. The number of pyridine rings is 1. The lowest BCUT2D eigenvalue weighted by Gasteiger charge is -2.18. The van der Waals surface area contributed by atoms with Gasteiger partial charge in [0.05, 0.1) is 26.5 Å². The van der Waals surface area contributed by atoms with Gasteiger partial charge in [-0.25, -0.2) is 0 Å². The third kappa shape index (κ3) is 2.85. The van der Waals surface area contributed by atoms with E-state index >= 15 is 0 Å². The summed E-state index contributed by atoms with van der Waals surface area (Å²) in [6, 6.07) is 9.01. The van der Waals surface area contributed by atoms with Crippen molar-refractivity contribution in [1.82, 2.24) is 4.57 Å². The molecule has 0 spiro atoms. The summed E-state index contributed by atoms with van der Waals surface area (Å²) in [4.78, 5) is 12.5. The maximum atomic E-state index is 12.5. The van der Waals surface area contributed by atoms with Crippen LogP contribution in [0, 0.1) is 0 Å². The zero-order valence-corrected chi connectivity index (χ0v) is 13.3. The minimum atomic E-state index is -0.266. The molecule has 1 N–H and O–H groups in total. The Morgan fingerprint density at radius 1 is 1.09 bits per heavy atom. The van der Waals surface area contributed by atoms with E-state index in [2.05, 4.69) is 0 Å². The molecule has 0 aliphatic rings. The molecule has 2 aromatic rings. The Labute approximate surface area is 129 Å². The van der Waals surface area contributed by atoms with Gasteiger partial charge in [0.25, 0.3) is 5.56 Å². The van der Waals surface area contributed by atoms with Gasteiger partial charge in [0, 0.05) is 17.2 Å². The third-order valence-electron chi connectivity index (χ3n) is 3.56. The van der Waals surface area contributed by atoms with Crippen molar-refractivity contribution < 1.29 is 14.6 Å². The van der Waals surface area contributed by atoms with E-state index < -0.39 is 0 Å². The molecular formula is C17H21NO4. The molecule has 0 radical (unpaired) electrons. The molecule has 0 saturated carbocycles. The molecule has 1 aromatic carbocycles. The van der Waals surface area contributed by atoms with Crippen LogP contribution in [0.1, 0.15) is 25.5 Å². The Hall–Kier alpha value is -2.27. The largest absolute Gasteiger partial charge is 0.493 e. The maximum absolute atomic E-state index is 12.5. The molecule has 118 valence electrons. The van der Waals surface area contributed by atoms with E-state index in [1.54, 1.807) is 24.9 Å². The quantitative estimate of drug-likeness (QED) is 0.922. The monoisotopic (exact) mass is 303 g/mol. The van der Waals surface area contributed by atoms with Crippen LogP contribution in [0.2, 0.25) is 0 Å². The highest BCUT2D eigenvalue weighted by Crippen LogP contribution is 2.32. The van der Waals surface area contributed by atoms with Crippen molar-refractivity contribution in [1.29, 1.82) is 0 Å². The second kappa shape index (κ2) is 6.66. The summed E-state index contributed by atoms with van der Waals surface area (Å²) >= 11 is 0. The molecule has 0 amide bonds. The van der Waals surface area contributed by atoms with Crippen LogP contribution in [-0.4, -0.2) is 23.9 Å². The third-order valence-corrected chi connectivity index (χ3v) is 3.56. The van der Waals surface area contributed by atoms with Crippen molar-refractivity contribution in [3.63, 3.8) is 0 Å². The number of aromatic nitrogens is 1. The lowest BCUT2D eigenvalue weighted by Crippen LogP contribution is -2.26. The average Bonchev–Trinajstić information content (AvgIpc) is 2.53. The Morgan fingerprint density at radius 2 is 1.77 bits per heavy atom. The van der Waals surface area contributed by atoms with Gasteiger partial charge in [-0.15, -0.1) is 0 Å². The second-order valence-electron chi connectivity index (χ2n) is 5.24. The van der Waals surface area contributed by atoms with E-state index in [0.717, 1.165) is 11.3 Å². The van der Waals surface area contributed by atoms with Crippen LogP contribution in [0.3, 0.4) is 0 Å². The van der Waals surface area contributed by atoms with E-state index in [0.29, 0.717) is 17.1 Å². The maximum Gasteiger partial charge on any atom is 0.256 e. The number of nitrogens with zero attached hydrogens (tertiary/aromatic N) is 1. The first-order valence-corrected chi connectivity index (χ1v) is 7.11. The Kier molecular flexibility index (Phi) is 4.88. The summed E-state index contributed by atoms with van der Waals surface area (Å²) in [7, 11) is 3.16. The number of ether oxygens (including phenoxy) is 2. The Balaban J connectivity index is 2.67. The zero-order chi connectivity index (χ0) is 16.3. The summed E-state index contributed by atoms with van der Waals surface area (Å²) in [5.74, 6) is 1.24. The number of rotatable bonds is 5. The fourth-order valence-corrected chi connectivity index (χ4v) is 2.46. The van der Waals surface area contributed by atoms with Gasteiger partial charge in [-0.2, -0.15) is 0 Å². The molecule has 1 aromatic heterocycles. The molecule has 0 atom stereocenters. The number of aliphatic hydroxyl groups is 1. The molecule has 22 heavy (non-hydrogen) atoms. The van der Waals surface area contributed by atoms with E-state index in [-0.39, 0.29) is 18.2 Å². The van der Waals surface area contributed by atoms with Crippen molar-refractivity contribution in [3.05, 3.63) is 46.2 Å². The predicted molar refractivity (Wildman–Crippen MR) is 85.5 cm³/mol. The number of benzene rings is 1. The lowest BCUT2D eigenvalue weighted by atomic mass is 10.1. The predicted octanol–water partition coefficient (Wildman–Crippen LogP) is 2.61. The van der Waals surface area contributed by atoms with Crippen LogP contribution in [0.5, 0.6) is 11.5 Å². The molecule has 0 fully saturated rings. The van der Waals surface area contributed by atoms with Crippen molar-refractivity contribution in [3.8, 4) is 22.8 Å². The first-order chi connectivity index (χ1) is 10.5. The van der Waals surface area contributed by atoms with Crippen LogP contribution in [0.4, 0.5) is 0 Å². The molecule has 0 bridgehead atoms. The first-order valence-electron chi connectivity index (χ1n) is 7.11. The molecular weight excluding hydrogens is 282 g/mol. The lowest BCUT2D eigenvalue weighted by molar-refractivity contribution is 0.279. The van der Waals surface area contributed by atoms with Gasteiger partial charge < -0.3 is 19.1 Å². The molecule has 0 saturated heterocycles. The van der Waals surface area contributed by atoms with Gasteiger partial charge in [-0.1, -0.05) is 0 Å². The van der Waals surface area contributed by atoms with Gasteiger partial charge in [-0.3, -0.25) is 4.79 Å². The first kappa shape index (κ1) is 16.1. The number of hydrogen-bond acceptors (Lipinski definition) is 4. The van der Waals surface area contributed by atoms with E-state index in [1.165, 1.54) is 0 Å². The van der Waals surface area contributed by atoms with Crippen LogP contribution in [-0.2, 0) is 6.61 Å². The van der Waals surface area contributed by atoms with Gasteiger partial charge >= 0.3 is 0 Å². The summed E-state index contributed by atoms with van der Waals surface area (Å²) < 4.78 is 12.2. The summed E-state index contributed by atoms with van der Waals surface area (Å²) in [6.07, 6.45) is 0. The van der Waals surface area contributed by atoms with E-state index in [9.17, 15) is 9.90 Å². The van der Waals surface area contributed by atoms with Crippen LogP contribution in [0.15, 0.2) is 35.1 Å². The summed E-state index contributed by atoms with van der Waals surface area (Å²) in [5, 5.41) is 9.29. The van der Waals surface area contributed by atoms with Crippen molar-refractivity contribution >= 4 is 0 Å². The normalized spacial score (nSPS) is 10.8. The summed E-state index contributed by atoms with van der Waals surface area (Å²) in [6.45, 7) is 3.61. The van der Waals surface area contributed by atoms with Crippen LogP contribution in [0.25, 0.3) is 11.3 Å². The number of aliphatic hydroxyl groups excluding tert-OH is 1. The molecule has 0 aliphatic carbocycles. The van der Waals surface area contributed by atoms with Gasteiger partial charge in [0.15, 0.2) is 11.5 Å². The molecule has 0 aliphatic heterocycles. The highest BCUT2D eigenvalue weighted by atomic mass is 16.5. The average molecular weight is 303 g/mol. The van der Waals surface area contributed by atoms with Gasteiger partial charge in [0.2, 0.25) is 0 Å². The van der Waals surface area contributed by atoms with Gasteiger partial charge in [-0.05, 0) is 44.2 Å². The fourth-order valence-electron chi connectivity index (χ4n) is 2.46. The fraction of sp³-hybridized carbons (Fsp3) is 0.353. The topological polar surface area (TPSA) is 60.7 Å². The minimum absolute atomic E-state index is 0.0258. The van der Waals surface area contributed by atoms with Crippen molar-refractivity contribution in [2.75, 3.05) is 14.2 Å². The van der Waals surface area contributed by atoms with Crippen molar-refractivity contribution in [2.45, 2.75) is 26.5 Å². The smallest absolute Gasteiger partial charge is 0.256 e.